The molecule has 1 saturated heterocycles. The number of rotatable bonds is 4. The minimum atomic E-state index is -0.133. The number of aryl methyl sites for hydroxylation is 1. The van der Waals surface area contributed by atoms with Crippen molar-refractivity contribution < 1.29 is 14.0 Å². The number of carbonyl (C=O) groups excluding carboxylic acids is 2. The first kappa shape index (κ1) is 18.9. The van der Waals surface area contributed by atoms with Crippen LogP contribution in [0.4, 0.5) is 0 Å². The second-order valence-electron chi connectivity index (χ2n) is 7.30. The average Bonchev–Trinajstić information content (AvgIpc) is 3.28. The lowest BCUT2D eigenvalue weighted by atomic mass is 10.0. The van der Waals surface area contributed by atoms with Crippen molar-refractivity contribution in [3.05, 3.63) is 78.0 Å². The normalized spacial score (nSPS) is 16.4. The van der Waals surface area contributed by atoms with Crippen molar-refractivity contribution in [1.82, 2.24) is 15.2 Å². The van der Waals surface area contributed by atoms with E-state index < -0.39 is 0 Å². The second kappa shape index (κ2) is 8.31. The van der Waals surface area contributed by atoms with Crippen LogP contribution in [0.15, 0.2) is 65.4 Å². The van der Waals surface area contributed by atoms with Crippen molar-refractivity contribution >= 4 is 11.8 Å². The van der Waals surface area contributed by atoms with Crippen molar-refractivity contribution in [3.63, 3.8) is 0 Å². The van der Waals surface area contributed by atoms with E-state index in [9.17, 15) is 9.59 Å². The summed E-state index contributed by atoms with van der Waals surface area (Å²) in [5, 5.41) is 3.06. The molecule has 0 radical (unpaired) electrons. The minimum absolute atomic E-state index is 0.0716. The van der Waals surface area contributed by atoms with Crippen LogP contribution in [0.5, 0.6) is 0 Å². The molecule has 0 spiro atoms. The lowest BCUT2D eigenvalue weighted by Crippen LogP contribution is -2.49. The molecule has 148 valence electrons. The zero-order chi connectivity index (χ0) is 20.2. The van der Waals surface area contributed by atoms with Gasteiger partial charge in [0.05, 0.1) is 6.26 Å². The van der Waals surface area contributed by atoms with Crippen LogP contribution in [-0.2, 0) is 0 Å². The number of nitrogens with zero attached hydrogens (tertiary/aromatic N) is 2. The fourth-order valence-corrected chi connectivity index (χ4v) is 3.64. The number of hydrogen-bond acceptors (Lipinski definition) is 4. The maximum Gasteiger partial charge on any atom is 0.289 e. The highest BCUT2D eigenvalue weighted by Gasteiger charge is 2.27. The van der Waals surface area contributed by atoms with Crippen molar-refractivity contribution in [3.8, 4) is 11.1 Å². The van der Waals surface area contributed by atoms with Gasteiger partial charge in [-0.1, -0.05) is 12.1 Å². The molecule has 0 bridgehead atoms. The molecule has 1 aliphatic rings. The van der Waals surface area contributed by atoms with Crippen LogP contribution in [0.25, 0.3) is 11.1 Å². The minimum Gasteiger partial charge on any atom is -0.459 e. The third kappa shape index (κ3) is 4.37. The Kier molecular flexibility index (Phi) is 5.42. The topological polar surface area (TPSA) is 75.4 Å². The lowest BCUT2D eigenvalue weighted by Gasteiger charge is -2.32. The smallest absolute Gasteiger partial charge is 0.289 e. The van der Waals surface area contributed by atoms with Crippen molar-refractivity contribution in [2.24, 2.45) is 0 Å². The molecule has 4 rings (SSSR count). The molecule has 6 heteroatoms. The van der Waals surface area contributed by atoms with Crippen molar-refractivity contribution in [2.45, 2.75) is 25.8 Å². The Balaban J connectivity index is 1.39. The zero-order valence-corrected chi connectivity index (χ0v) is 16.3. The van der Waals surface area contributed by atoms with E-state index >= 15 is 0 Å². The molecule has 1 N–H and O–H groups in total. The Bertz CT molecular complexity index is 996. The second-order valence-corrected chi connectivity index (χ2v) is 7.30. The first-order valence-corrected chi connectivity index (χ1v) is 9.77. The van der Waals surface area contributed by atoms with E-state index in [1.165, 1.54) is 6.26 Å². The number of aromatic nitrogens is 1. The molecule has 2 amide bonds. The summed E-state index contributed by atoms with van der Waals surface area (Å²) in [7, 11) is 0. The van der Waals surface area contributed by atoms with E-state index in [1.807, 2.05) is 43.3 Å². The third-order valence-corrected chi connectivity index (χ3v) is 5.15. The molecule has 6 nitrogen and oxygen atoms in total. The van der Waals surface area contributed by atoms with Crippen molar-refractivity contribution in [2.75, 3.05) is 13.1 Å². The highest BCUT2D eigenvalue weighted by atomic mass is 16.3. The summed E-state index contributed by atoms with van der Waals surface area (Å²) in [6.45, 7) is 3.11. The summed E-state index contributed by atoms with van der Waals surface area (Å²) >= 11 is 0. The summed E-state index contributed by atoms with van der Waals surface area (Å²) in [5.74, 6) is 0.0737. The quantitative estimate of drug-likeness (QED) is 0.738. The molecule has 1 aliphatic heterocycles. The average molecular weight is 389 g/mol. The highest BCUT2D eigenvalue weighted by molar-refractivity contribution is 5.95. The molecular formula is C23H23N3O3. The summed E-state index contributed by atoms with van der Waals surface area (Å²) in [6, 6.07) is 14.8. The van der Waals surface area contributed by atoms with E-state index in [2.05, 4.69) is 10.3 Å². The summed E-state index contributed by atoms with van der Waals surface area (Å²) in [5.41, 5.74) is 3.67. The van der Waals surface area contributed by atoms with E-state index in [4.69, 9.17) is 4.42 Å². The van der Waals surface area contributed by atoms with E-state index in [-0.39, 0.29) is 17.9 Å². The molecule has 0 aliphatic carbocycles. The van der Waals surface area contributed by atoms with Gasteiger partial charge in [-0.3, -0.25) is 14.6 Å². The molecule has 1 fully saturated rings. The maximum absolute atomic E-state index is 12.7. The summed E-state index contributed by atoms with van der Waals surface area (Å²) < 4.78 is 5.21. The molecule has 0 saturated carbocycles. The van der Waals surface area contributed by atoms with Gasteiger partial charge in [0.2, 0.25) is 0 Å². The fourth-order valence-electron chi connectivity index (χ4n) is 3.64. The van der Waals surface area contributed by atoms with Gasteiger partial charge >= 0.3 is 0 Å². The molecular weight excluding hydrogens is 366 g/mol. The molecule has 1 atom stereocenters. The highest BCUT2D eigenvalue weighted by Crippen LogP contribution is 2.20. The number of hydrogen-bond donors (Lipinski definition) is 1. The van der Waals surface area contributed by atoms with Gasteiger partial charge in [0, 0.05) is 36.6 Å². The molecule has 2 aromatic heterocycles. The maximum atomic E-state index is 12.7. The van der Waals surface area contributed by atoms with Crippen LogP contribution in [0.3, 0.4) is 0 Å². The Hall–Kier alpha value is -3.41. The van der Waals surface area contributed by atoms with E-state index in [0.29, 0.717) is 24.4 Å². The lowest BCUT2D eigenvalue weighted by molar-refractivity contribution is 0.0647. The molecule has 3 aromatic rings. The first-order valence-electron chi connectivity index (χ1n) is 9.77. The number of nitrogens with one attached hydrogen (secondary N) is 1. The van der Waals surface area contributed by atoms with Crippen LogP contribution in [-0.4, -0.2) is 40.8 Å². The number of pyridine rings is 1. The predicted molar refractivity (Wildman–Crippen MR) is 110 cm³/mol. The van der Waals surface area contributed by atoms with Gasteiger partial charge in [-0.25, -0.2) is 0 Å². The van der Waals surface area contributed by atoms with Crippen molar-refractivity contribution in [1.29, 1.82) is 0 Å². The monoisotopic (exact) mass is 389 g/mol. The van der Waals surface area contributed by atoms with Gasteiger partial charge in [-0.05, 0) is 67.3 Å². The molecule has 3 heterocycles. The van der Waals surface area contributed by atoms with Gasteiger partial charge in [-0.15, -0.1) is 0 Å². The zero-order valence-electron chi connectivity index (χ0n) is 16.3. The van der Waals surface area contributed by atoms with E-state index in [0.717, 1.165) is 29.7 Å². The molecule has 1 unspecified atom stereocenters. The van der Waals surface area contributed by atoms with Crippen LogP contribution < -0.4 is 5.32 Å². The SMILES string of the molecule is Cc1cc(-c2ccc(C(=O)NC3CCCN(C(=O)c4ccco4)C3)cc2)ccn1. The van der Waals surface area contributed by atoms with Gasteiger partial charge in [0.1, 0.15) is 0 Å². The Labute approximate surface area is 169 Å². The molecule has 29 heavy (non-hydrogen) atoms. The van der Waals surface area contributed by atoms with Gasteiger partial charge < -0.3 is 14.6 Å². The van der Waals surface area contributed by atoms with Crippen LogP contribution in [0, 0.1) is 6.92 Å². The van der Waals surface area contributed by atoms with Gasteiger partial charge in [0.25, 0.3) is 11.8 Å². The van der Waals surface area contributed by atoms with E-state index in [1.54, 1.807) is 23.2 Å². The number of piperidine rings is 1. The van der Waals surface area contributed by atoms with Gasteiger partial charge in [0.15, 0.2) is 5.76 Å². The summed E-state index contributed by atoms with van der Waals surface area (Å²) in [6.07, 6.45) is 4.97. The van der Waals surface area contributed by atoms with Gasteiger partial charge in [-0.2, -0.15) is 0 Å². The summed E-state index contributed by atoms with van der Waals surface area (Å²) in [4.78, 5) is 31.1. The number of benzene rings is 1. The number of amides is 2. The van der Waals surface area contributed by atoms with Crippen LogP contribution >= 0.6 is 0 Å². The Morgan fingerprint density at radius 1 is 1.14 bits per heavy atom. The largest absolute Gasteiger partial charge is 0.459 e. The van der Waals surface area contributed by atoms with Crippen LogP contribution in [0.2, 0.25) is 0 Å². The third-order valence-electron chi connectivity index (χ3n) is 5.15. The first-order chi connectivity index (χ1) is 14.1. The predicted octanol–water partition coefficient (Wildman–Crippen LogP) is 3.68. The Morgan fingerprint density at radius 2 is 1.97 bits per heavy atom. The van der Waals surface area contributed by atoms with Crippen LogP contribution in [0.1, 0.15) is 39.4 Å². The standard InChI is InChI=1S/C23H23N3O3/c1-16-14-19(10-11-24-16)17-6-8-18(9-7-17)22(27)25-20-4-2-12-26(15-20)23(28)21-5-3-13-29-21/h3,5-11,13-14,20H,2,4,12,15H2,1H3,(H,25,27). The fraction of sp³-hybridized carbons (Fsp3) is 0.261. The number of likely N-dealkylation sites (tertiary alicyclic amines) is 1. The Morgan fingerprint density at radius 3 is 2.69 bits per heavy atom. The number of carbonyl (C=O) groups is 2. The number of furan rings is 1. The molecule has 1 aromatic carbocycles.